The van der Waals surface area contributed by atoms with Crippen molar-refractivity contribution in [2.24, 2.45) is 0 Å². The molecule has 0 fully saturated rings. The van der Waals surface area contributed by atoms with E-state index in [1.165, 1.54) is 5.56 Å². The lowest BCUT2D eigenvalue weighted by molar-refractivity contribution is 0.192. The third-order valence-corrected chi connectivity index (χ3v) is 4.71. The Morgan fingerprint density at radius 3 is 2.32 bits per heavy atom. The Balaban J connectivity index is 1.96. The molecule has 2 rings (SSSR count). The number of carbonyl (C=O) groups is 1. The molecule has 0 bridgehead atoms. The maximum Gasteiger partial charge on any atom is 0.317 e. The number of benzene rings is 2. The van der Waals surface area contributed by atoms with Crippen LogP contribution in [0.25, 0.3) is 0 Å². The van der Waals surface area contributed by atoms with Gasteiger partial charge in [0.05, 0.1) is 6.04 Å². The number of hydrogen-bond acceptors (Lipinski definition) is 2. The number of hydrogen-bond donors (Lipinski definition) is 2. The van der Waals surface area contributed by atoms with Gasteiger partial charge in [0.2, 0.25) is 0 Å². The molecule has 0 aliphatic rings. The third-order valence-electron chi connectivity index (χ3n) is 4.71. The molecule has 0 spiro atoms. The van der Waals surface area contributed by atoms with E-state index in [0.29, 0.717) is 13.0 Å². The largest absolute Gasteiger partial charge is 0.396 e. The van der Waals surface area contributed by atoms with Crippen molar-refractivity contribution in [1.29, 1.82) is 0 Å². The zero-order valence-corrected chi connectivity index (χ0v) is 15.3. The highest BCUT2D eigenvalue weighted by molar-refractivity contribution is 5.74. The van der Waals surface area contributed by atoms with Crippen LogP contribution in [0.3, 0.4) is 0 Å². The highest BCUT2D eigenvalue weighted by Crippen LogP contribution is 2.21. The standard InChI is InChI=1S/C21H28N2O2/c1-16-9-11-18(12-10-16)17(2)23(3)21(25)22-15-20(13-14-24)19-7-5-4-6-8-19/h4-12,17,20,24H,13-15H2,1-3H3,(H,22,25). The van der Waals surface area contributed by atoms with Crippen molar-refractivity contribution < 1.29 is 9.90 Å². The summed E-state index contributed by atoms with van der Waals surface area (Å²) in [6.45, 7) is 4.68. The van der Waals surface area contributed by atoms with E-state index in [9.17, 15) is 9.90 Å². The van der Waals surface area contributed by atoms with Crippen LogP contribution in [-0.4, -0.2) is 36.2 Å². The lowest BCUT2D eigenvalue weighted by Gasteiger charge is -2.27. The predicted molar refractivity (Wildman–Crippen MR) is 102 cm³/mol. The fraction of sp³-hybridized carbons (Fsp3) is 0.381. The SMILES string of the molecule is Cc1ccc(C(C)N(C)C(=O)NCC(CCO)c2ccccc2)cc1. The zero-order chi connectivity index (χ0) is 18.2. The number of aliphatic hydroxyl groups excluding tert-OH is 1. The molecule has 0 saturated heterocycles. The van der Waals surface area contributed by atoms with Crippen LogP contribution in [0.4, 0.5) is 4.79 Å². The molecule has 0 aliphatic heterocycles. The van der Waals surface area contributed by atoms with Crippen LogP contribution in [0.2, 0.25) is 0 Å². The number of amides is 2. The van der Waals surface area contributed by atoms with Gasteiger partial charge in [0.15, 0.2) is 0 Å². The Hall–Kier alpha value is -2.33. The number of rotatable bonds is 7. The van der Waals surface area contributed by atoms with Gasteiger partial charge in [0.1, 0.15) is 0 Å². The van der Waals surface area contributed by atoms with Crippen LogP contribution in [0.5, 0.6) is 0 Å². The minimum Gasteiger partial charge on any atom is -0.396 e. The van der Waals surface area contributed by atoms with E-state index in [-0.39, 0.29) is 24.6 Å². The molecule has 0 radical (unpaired) electrons. The molecule has 134 valence electrons. The van der Waals surface area contributed by atoms with Gasteiger partial charge in [-0.2, -0.15) is 0 Å². The molecule has 0 heterocycles. The Labute approximate surface area is 150 Å². The Morgan fingerprint density at radius 2 is 1.72 bits per heavy atom. The normalized spacial score (nSPS) is 13.1. The monoisotopic (exact) mass is 340 g/mol. The summed E-state index contributed by atoms with van der Waals surface area (Å²) in [7, 11) is 1.81. The summed E-state index contributed by atoms with van der Waals surface area (Å²) in [5.74, 6) is 0.109. The lowest BCUT2D eigenvalue weighted by Crippen LogP contribution is -2.40. The summed E-state index contributed by atoms with van der Waals surface area (Å²) >= 11 is 0. The first kappa shape index (κ1) is 19.0. The zero-order valence-electron chi connectivity index (χ0n) is 15.3. The summed E-state index contributed by atoms with van der Waals surface area (Å²) < 4.78 is 0. The first-order valence-electron chi connectivity index (χ1n) is 8.76. The van der Waals surface area contributed by atoms with Gasteiger partial charge in [-0.1, -0.05) is 60.2 Å². The van der Waals surface area contributed by atoms with Crippen molar-refractivity contribution in [3.05, 3.63) is 71.3 Å². The maximum atomic E-state index is 12.5. The van der Waals surface area contributed by atoms with Gasteiger partial charge in [-0.25, -0.2) is 4.79 Å². The average Bonchev–Trinajstić information content (AvgIpc) is 2.65. The van der Waals surface area contributed by atoms with E-state index in [1.54, 1.807) is 4.90 Å². The molecule has 2 amide bonds. The van der Waals surface area contributed by atoms with Crippen molar-refractivity contribution in [2.45, 2.75) is 32.2 Å². The minimum absolute atomic E-state index is 0.00591. The fourth-order valence-corrected chi connectivity index (χ4v) is 2.85. The van der Waals surface area contributed by atoms with E-state index < -0.39 is 0 Å². The maximum absolute atomic E-state index is 12.5. The van der Waals surface area contributed by atoms with Crippen molar-refractivity contribution >= 4 is 6.03 Å². The van der Waals surface area contributed by atoms with Gasteiger partial charge in [0, 0.05) is 26.1 Å². The highest BCUT2D eigenvalue weighted by Gasteiger charge is 2.19. The van der Waals surface area contributed by atoms with E-state index in [0.717, 1.165) is 11.1 Å². The number of aryl methyl sites for hydroxylation is 1. The van der Waals surface area contributed by atoms with Crippen LogP contribution < -0.4 is 5.32 Å². The third kappa shape index (κ3) is 5.33. The molecule has 2 atom stereocenters. The van der Waals surface area contributed by atoms with Gasteiger partial charge >= 0.3 is 6.03 Å². The molecular formula is C21H28N2O2. The number of nitrogens with one attached hydrogen (secondary N) is 1. The molecule has 4 nitrogen and oxygen atoms in total. The highest BCUT2D eigenvalue weighted by atomic mass is 16.3. The van der Waals surface area contributed by atoms with Gasteiger partial charge < -0.3 is 15.3 Å². The molecule has 25 heavy (non-hydrogen) atoms. The topological polar surface area (TPSA) is 52.6 Å². The van der Waals surface area contributed by atoms with Gasteiger partial charge in [-0.3, -0.25) is 0 Å². The van der Waals surface area contributed by atoms with E-state index in [1.807, 2.05) is 44.3 Å². The first-order chi connectivity index (χ1) is 12.0. The molecule has 0 saturated carbocycles. The van der Waals surface area contributed by atoms with Gasteiger partial charge in [-0.05, 0) is 31.4 Å². The van der Waals surface area contributed by atoms with Crippen molar-refractivity contribution in [3.8, 4) is 0 Å². The smallest absolute Gasteiger partial charge is 0.317 e. The van der Waals surface area contributed by atoms with E-state index >= 15 is 0 Å². The number of aliphatic hydroxyl groups is 1. The Bertz CT molecular complexity index is 655. The molecule has 2 aromatic rings. The molecule has 2 aromatic carbocycles. The fourth-order valence-electron chi connectivity index (χ4n) is 2.85. The predicted octanol–water partition coefficient (Wildman–Crippen LogP) is 3.86. The molecule has 0 aliphatic carbocycles. The number of nitrogens with zero attached hydrogens (tertiary/aromatic N) is 1. The van der Waals surface area contributed by atoms with Crippen molar-refractivity contribution in [2.75, 3.05) is 20.2 Å². The van der Waals surface area contributed by atoms with E-state index in [4.69, 9.17) is 0 Å². The molecule has 0 aromatic heterocycles. The van der Waals surface area contributed by atoms with Crippen molar-refractivity contribution in [3.63, 3.8) is 0 Å². The molecule has 2 unspecified atom stereocenters. The van der Waals surface area contributed by atoms with Gasteiger partial charge in [-0.15, -0.1) is 0 Å². The van der Waals surface area contributed by atoms with Crippen LogP contribution in [-0.2, 0) is 0 Å². The lowest BCUT2D eigenvalue weighted by atomic mass is 9.96. The quantitative estimate of drug-likeness (QED) is 0.804. The van der Waals surface area contributed by atoms with Crippen LogP contribution in [0, 0.1) is 6.92 Å². The van der Waals surface area contributed by atoms with Crippen LogP contribution >= 0.6 is 0 Å². The number of urea groups is 1. The second kappa shape index (κ2) is 9.23. The summed E-state index contributed by atoms with van der Waals surface area (Å²) in [6.07, 6.45) is 0.627. The Morgan fingerprint density at radius 1 is 1.08 bits per heavy atom. The Kier molecular flexibility index (Phi) is 7.02. The molecular weight excluding hydrogens is 312 g/mol. The molecule has 2 N–H and O–H groups in total. The second-order valence-corrected chi connectivity index (χ2v) is 6.50. The summed E-state index contributed by atoms with van der Waals surface area (Å²) in [4.78, 5) is 14.2. The number of carbonyl (C=O) groups excluding carboxylic acids is 1. The summed E-state index contributed by atoms with van der Waals surface area (Å²) in [5, 5.41) is 12.3. The minimum atomic E-state index is -0.105. The van der Waals surface area contributed by atoms with E-state index in [2.05, 4.69) is 36.5 Å². The van der Waals surface area contributed by atoms with Crippen LogP contribution in [0.15, 0.2) is 54.6 Å². The molecule has 4 heteroatoms. The summed E-state index contributed by atoms with van der Waals surface area (Å²) in [5.41, 5.74) is 3.45. The second-order valence-electron chi connectivity index (χ2n) is 6.50. The first-order valence-corrected chi connectivity index (χ1v) is 8.76. The van der Waals surface area contributed by atoms with Crippen molar-refractivity contribution in [1.82, 2.24) is 10.2 Å². The van der Waals surface area contributed by atoms with Crippen LogP contribution in [0.1, 0.15) is 42.0 Å². The summed E-state index contributed by atoms with van der Waals surface area (Å²) in [6, 6.07) is 18.1. The van der Waals surface area contributed by atoms with Gasteiger partial charge in [0.25, 0.3) is 0 Å². The average molecular weight is 340 g/mol.